The molecule has 1 aromatic rings. The number of Topliss-reactive ketones (excluding diaryl/α,β-unsaturated/α-hetero) is 1. The summed E-state index contributed by atoms with van der Waals surface area (Å²) in [6, 6.07) is 5.28. The van der Waals surface area contributed by atoms with Crippen LogP contribution in [-0.2, 0) is 4.79 Å². The summed E-state index contributed by atoms with van der Waals surface area (Å²) in [5.74, 6) is 0.929. The van der Waals surface area contributed by atoms with Crippen molar-refractivity contribution in [1.29, 1.82) is 0 Å². The first-order valence-corrected chi connectivity index (χ1v) is 8.41. The second kappa shape index (κ2) is 6.60. The fraction of sp³-hybridized carbons (Fsp3) is 0.556. The first-order chi connectivity index (χ1) is 11.2. The highest BCUT2D eigenvalue weighted by atomic mass is 16.6. The molecule has 5 heteroatoms. The van der Waals surface area contributed by atoms with Crippen LogP contribution in [0.5, 0.6) is 11.5 Å². The molecule has 3 rings (SSSR count). The van der Waals surface area contributed by atoms with E-state index < -0.39 is 5.54 Å². The zero-order valence-electron chi connectivity index (χ0n) is 13.5. The minimum atomic E-state index is -0.720. The van der Waals surface area contributed by atoms with Gasteiger partial charge in [-0.05, 0) is 25.0 Å². The van der Waals surface area contributed by atoms with Gasteiger partial charge in [0.05, 0.1) is 11.1 Å². The van der Waals surface area contributed by atoms with E-state index in [-0.39, 0.29) is 11.7 Å². The number of ether oxygens (including phenoxy) is 2. The van der Waals surface area contributed by atoms with E-state index in [1.165, 1.54) is 0 Å². The number of hydrogen-bond donors (Lipinski definition) is 1. The van der Waals surface area contributed by atoms with E-state index in [4.69, 9.17) is 9.47 Å². The molecule has 1 aliphatic carbocycles. The largest absolute Gasteiger partial charge is 0.486 e. The number of nitrogens with one attached hydrogen (secondary N) is 1. The van der Waals surface area contributed by atoms with E-state index in [0.717, 1.165) is 32.1 Å². The molecular formula is C18H23NO4. The molecule has 1 amide bonds. The fourth-order valence-electron chi connectivity index (χ4n) is 3.50. The van der Waals surface area contributed by atoms with Crippen molar-refractivity contribution < 1.29 is 19.1 Å². The van der Waals surface area contributed by atoms with Crippen molar-refractivity contribution in [2.24, 2.45) is 0 Å². The van der Waals surface area contributed by atoms with E-state index >= 15 is 0 Å². The molecule has 2 aliphatic rings. The summed E-state index contributed by atoms with van der Waals surface area (Å²) in [6.07, 6.45) is 4.94. The SMILES string of the molecule is CCC(=O)C1(NC(=O)c2cccc3c2OCCO3)CCCCC1. The van der Waals surface area contributed by atoms with Gasteiger partial charge in [-0.15, -0.1) is 0 Å². The van der Waals surface area contributed by atoms with Gasteiger partial charge in [-0.1, -0.05) is 32.3 Å². The van der Waals surface area contributed by atoms with E-state index in [0.29, 0.717) is 36.7 Å². The molecule has 1 fully saturated rings. The number of carbonyl (C=O) groups excluding carboxylic acids is 2. The summed E-state index contributed by atoms with van der Waals surface area (Å²) >= 11 is 0. The highest BCUT2D eigenvalue weighted by Gasteiger charge is 2.40. The summed E-state index contributed by atoms with van der Waals surface area (Å²) in [7, 11) is 0. The van der Waals surface area contributed by atoms with Crippen molar-refractivity contribution in [2.75, 3.05) is 13.2 Å². The second-order valence-electron chi connectivity index (χ2n) is 6.20. The van der Waals surface area contributed by atoms with E-state index in [1.54, 1.807) is 18.2 Å². The number of amides is 1. The predicted molar refractivity (Wildman–Crippen MR) is 86.0 cm³/mol. The van der Waals surface area contributed by atoms with Crippen LogP contribution in [0.3, 0.4) is 0 Å². The van der Waals surface area contributed by atoms with Gasteiger partial charge in [0.1, 0.15) is 13.2 Å². The monoisotopic (exact) mass is 317 g/mol. The molecule has 0 saturated heterocycles. The van der Waals surface area contributed by atoms with Crippen LogP contribution in [0.4, 0.5) is 0 Å². The lowest BCUT2D eigenvalue weighted by Crippen LogP contribution is -2.55. The Labute approximate surface area is 136 Å². The highest BCUT2D eigenvalue weighted by molar-refractivity contribution is 6.02. The molecule has 1 aromatic carbocycles. The Morgan fingerprint density at radius 3 is 2.61 bits per heavy atom. The van der Waals surface area contributed by atoms with E-state index in [9.17, 15) is 9.59 Å². The molecule has 0 spiro atoms. The van der Waals surface area contributed by atoms with Crippen LogP contribution in [0.15, 0.2) is 18.2 Å². The minimum absolute atomic E-state index is 0.118. The Morgan fingerprint density at radius 2 is 1.87 bits per heavy atom. The third-order valence-corrected chi connectivity index (χ3v) is 4.73. The highest BCUT2D eigenvalue weighted by Crippen LogP contribution is 2.35. The molecule has 0 atom stereocenters. The van der Waals surface area contributed by atoms with Crippen LogP contribution >= 0.6 is 0 Å². The van der Waals surface area contributed by atoms with Crippen LogP contribution in [0.1, 0.15) is 55.8 Å². The molecule has 1 heterocycles. The van der Waals surface area contributed by atoms with Gasteiger partial charge in [0, 0.05) is 6.42 Å². The Balaban J connectivity index is 1.86. The summed E-state index contributed by atoms with van der Waals surface area (Å²) in [6.45, 7) is 2.76. The van der Waals surface area contributed by atoms with Crippen LogP contribution < -0.4 is 14.8 Å². The average molecular weight is 317 g/mol. The van der Waals surface area contributed by atoms with Crippen LogP contribution in [0, 0.1) is 0 Å². The third-order valence-electron chi connectivity index (χ3n) is 4.73. The topological polar surface area (TPSA) is 64.6 Å². The lowest BCUT2D eigenvalue weighted by Gasteiger charge is -2.36. The van der Waals surface area contributed by atoms with Gasteiger partial charge in [0.2, 0.25) is 0 Å². The lowest BCUT2D eigenvalue weighted by molar-refractivity contribution is -0.126. The van der Waals surface area contributed by atoms with Gasteiger partial charge in [0.25, 0.3) is 5.91 Å². The first-order valence-electron chi connectivity index (χ1n) is 8.41. The molecule has 1 N–H and O–H groups in total. The van der Waals surface area contributed by atoms with Gasteiger partial charge in [-0.2, -0.15) is 0 Å². The molecule has 23 heavy (non-hydrogen) atoms. The third kappa shape index (κ3) is 3.05. The van der Waals surface area contributed by atoms with Gasteiger partial charge in [-0.3, -0.25) is 9.59 Å². The van der Waals surface area contributed by atoms with E-state index in [2.05, 4.69) is 5.32 Å². The Morgan fingerprint density at radius 1 is 1.13 bits per heavy atom. The molecule has 5 nitrogen and oxygen atoms in total. The number of rotatable bonds is 4. The van der Waals surface area contributed by atoms with E-state index in [1.807, 2.05) is 6.92 Å². The maximum atomic E-state index is 12.8. The molecule has 0 unspecified atom stereocenters. The zero-order valence-corrected chi connectivity index (χ0v) is 13.5. The molecule has 1 saturated carbocycles. The van der Waals surface area contributed by atoms with Crippen molar-refractivity contribution >= 4 is 11.7 Å². The minimum Gasteiger partial charge on any atom is -0.486 e. The van der Waals surface area contributed by atoms with Crippen molar-refractivity contribution in [3.05, 3.63) is 23.8 Å². The van der Waals surface area contributed by atoms with Gasteiger partial charge < -0.3 is 14.8 Å². The number of hydrogen-bond acceptors (Lipinski definition) is 4. The molecule has 124 valence electrons. The normalized spacial score (nSPS) is 19.0. The second-order valence-corrected chi connectivity index (χ2v) is 6.20. The summed E-state index contributed by atoms with van der Waals surface area (Å²) < 4.78 is 11.1. The Hall–Kier alpha value is -2.04. The first kappa shape index (κ1) is 15.8. The Bertz CT molecular complexity index is 605. The maximum absolute atomic E-state index is 12.8. The number of carbonyl (C=O) groups is 2. The smallest absolute Gasteiger partial charge is 0.255 e. The molecular weight excluding hydrogens is 294 g/mol. The summed E-state index contributed by atoms with van der Waals surface area (Å²) in [4.78, 5) is 25.3. The number of fused-ring (bicyclic) bond motifs is 1. The molecule has 1 aliphatic heterocycles. The summed E-state index contributed by atoms with van der Waals surface area (Å²) in [5.41, 5.74) is -0.279. The van der Waals surface area contributed by atoms with Crippen LogP contribution in [0.25, 0.3) is 0 Å². The average Bonchev–Trinajstić information content (AvgIpc) is 2.61. The fourth-order valence-corrected chi connectivity index (χ4v) is 3.50. The van der Waals surface area contributed by atoms with Crippen molar-refractivity contribution in [3.63, 3.8) is 0 Å². The molecule has 0 radical (unpaired) electrons. The van der Waals surface area contributed by atoms with Crippen LogP contribution in [-0.4, -0.2) is 30.4 Å². The van der Waals surface area contributed by atoms with Crippen molar-refractivity contribution in [1.82, 2.24) is 5.32 Å². The number of ketones is 1. The van der Waals surface area contributed by atoms with Crippen LogP contribution in [0.2, 0.25) is 0 Å². The number of benzene rings is 1. The van der Waals surface area contributed by atoms with Gasteiger partial charge >= 0.3 is 0 Å². The zero-order chi connectivity index (χ0) is 16.3. The quantitative estimate of drug-likeness (QED) is 0.927. The standard InChI is InChI=1S/C18H23NO4/c1-2-15(20)18(9-4-3-5-10-18)19-17(21)13-7-6-8-14-16(13)23-12-11-22-14/h6-8H,2-5,9-12H2,1H3,(H,19,21). The predicted octanol–water partition coefficient (Wildman–Crippen LogP) is 2.87. The molecule has 0 aromatic heterocycles. The molecule has 0 bridgehead atoms. The van der Waals surface area contributed by atoms with Crippen molar-refractivity contribution in [2.45, 2.75) is 51.0 Å². The maximum Gasteiger partial charge on any atom is 0.255 e. The van der Waals surface area contributed by atoms with Gasteiger partial charge in [-0.25, -0.2) is 0 Å². The van der Waals surface area contributed by atoms with Gasteiger partial charge in [0.15, 0.2) is 17.3 Å². The summed E-state index contributed by atoms with van der Waals surface area (Å²) in [5, 5.41) is 3.03. The lowest BCUT2D eigenvalue weighted by atomic mass is 9.77. The number of para-hydroxylation sites is 1. The Kier molecular flexibility index (Phi) is 4.55. The van der Waals surface area contributed by atoms with Crippen molar-refractivity contribution in [3.8, 4) is 11.5 Å².